The first kappa shape index (κ1) is 25.9. The molecule has 2 heterocycles. The Bertz CT molecular complexity index is 1340. The van der Waals surface area contributed by atoms with Crippen molar-refractivity contribution in [2.24, 2.45) is 0 Å². The molecule has 2 aromatic rings. The SMILES string of the molecule is COc1ccc(C=CC(=O)O[C@@H]2C[C@]34CCN[C@]35C[C@H](O[C@@]5(OC)[C@H]2OC)c2ccc(OC)c(O)c24)cc1O. The van der Waals surface area contributed by atoms with Gasteiger partial charge in [0.15, 0.2) is 23.0 Å². The fraction of sp³-hybridized carbons (Fsp3) is 0.483. The minimum absolute atomic E-state index is 0.0333. The monoisotopic (exact) mass is 539 g/mol. The normalized spacial score (nSPS) is 34.0. The molecule has 4 aliphatic rings. The van der Waals surface area contributed by atoms with Crippen molar-refractivity contribution in [1.82, 2.24) is 5.32 Å². The number of nitrogens with one attached hydrogen (secondary N) is 1. The standard InChI is InChI=1S/C29H33NO9/c1-34-19-8-5-16(13-18(19)31)6-10-23(32)38-22-14-27-11-12-30-28(27)15-21(39-29(28,37-4)26(22)36-3)17-7-9-20(35-2)25(33)24(17)27/h5-10,13,21-22,26,30-31,33H,11-12,14-15H2,1-4H3/t21-,22+,26-,27-,28+,29-/m0/s1. The molecule has 208 valence electrons. The number of hydrogen-bond donors (Lipinski definition) is 3. The van der Waals surface area contributed by atoms with Gasteiger partial charge in [-0.15, -0.1) is 0 Å². The summed E-state index contributed by atoms with van der Waals surface area (Å²) in [7, 11) is 6.13. The molecule has 0 radical (unpaired) electrons. The number of benzene rings is 2. The topological polar surface area (TPSA) is 125 Å². The number of phenols is 2. The highest BCUT2D eigenvalue weighted by molar-refractivity contribution is 5.87. The average molecular weight is 540 g/mol. The van der Waals surface area contributed by atoms with E-state index in [4.69, 9.17) is 28.4 Å². The molecule has 3 fully saturated rings. The average Bonchev–Trinajstić information content (AvgIpc) is 3.48. The van der Waals surface area contributed by atoms with Crippen molar-refractivity contribution in [2.75, 3.05) is 35.0 Å². The largest absolute Gasteiger partial charge is 0.504 e. The molecule has 6 atom stereocenters. The molecule has 0 unspecified atom stereocenters. The predicted molar refractivity (Wildman–Crippen MR) is 139 cm³/mol. The van der Waals surface area contributed by atoms with Gasteiger partial charge in [0.1, 0.15) is 12.2 Å². The number of rotatable bonds is 7. The maximum Gasteiger partial charge on any atom is 0.331 e. The summed E-state index contributed by atoms with van der Waals surface area (Å²) in [6, 6.07) is 8.52. The molecule has 2 bridgehead atoms. The molecular weight excluding hydrogens is 506 g/mol. The third kappa shape index (κ3) is 3.32. The van der Waals surface area contributed by atoms with E-state index in [1.165, 1.54) is 26.4 Å². The number of ether oxygens (including phenoxy) is 6. The summed E-state index contributed by atoms with van der Waals surface area (Å²) in [5.41, 5.74) is 0.854. The molecule has 3 N–H and O–H groups in total. The number of aromatic hydroxyl groups is 2. The van der Waals surface area contributed by atoms with Crippen LogP contribution in [-0.2, 0) is 29.2 Å². The molecule has 0 aromatic heterocycles. The van der Waals surface area contributed by atoms with Crippen LogP contribution in [0.5, 0.6) is 23.0 Å². The molecule has 39 heavy (non-hydrogen) atoms. The fourth-order valence-electron chi connectivity index (χ4n) is 7.70. The third-order valence-electron chi connectivity index (χ3n) is 9.12. The van der Waals surface area contributed by atoms with Crippen LogP contribution in [0.1, 0.15) is 42.1 Å². The highest BCUT2D eigenvalue weighted by Crippen LogP contribution is 2.71. The smallest absolute Gasteiger partial charge is 0.331 e. The Morgan fingerprint density at radius 2 is 1.85 bits per heavy atom. The lowest BCUT2D eigenvalue weighted by Gasteiger charge is -2.59. The number of phenolic OH excluding ortho intramolecular Hbond substituents is 2. The van der Waals surface area contributed by atoms with Crippen LogP contribution in [-0.4, -0.2) is 74.7 Å². The van der Waals surface area contributed by atoms with E-state index in [9.17, 15) is 15.0 Å². The molecule has 1 spiro atoms. The van der Waals surface area contributed by atoms with E-state index in [0.717, 1.165) is 11.1 Å². The first-order valence-electron chi connectivity index (χ1n) is 13.0. The second-order valence-corrected chi connectivity index (χ2v) is 10.5. The van der Waals surface area contributed by atoms with E-state index < -0.39 is 34.9 Å². The van der Waals surface area contributed by atoms with Crippen LogP contribution >= 0.6 is 0 Å². The van der Waals surface area contributed by atoms with Crippen LogP contribution in [0.15, 0.2) is 36.4 Å². The summed E-state index contributed by atoms with van der Waals surface area (Å²) < 4.78 is 35.5. The molecule has 2 saturated heterocycles. The Morgan fingerprint density at radius 3 is 2.54 bits per heavy atom. The molecule has 10 heteroatoms. The second-order valence-electron chi connectivity index (χ2n) is 10.5. The Morgan fingerprint density at radius 1 is 1.08 bits per heavy atom. The third-order valence-corrected chi connectivity index (χ3v) is 9.12. The van der Waals surface area contributed by atoms with Gasteiger partial charge in [0, 0.05) is 37.7 Å². The summed E-state index contributed by atoms with van der Waals surface area (Å²) in [5.74, 6) is -1.11. The number of fused-ring (bicyclic) bond motifs is 3. The minimum Gasteiger partial charge on any atom is -0.504 e. The van der Waals surface area contributed by atoms with E-state index in [-0.39, 0.29) is 17.6 Å². The van der Waals surface area contributed by atoms with E-state index >= 15 is 0 Å². The molecule has 2 aliphatic heterocycles. The van der Waals surface area contributed by atoms with Gasteiger partial charge in [0.25, 0.3) is 0 Å². The highest BCUT2D eigenvalue weighted by Gasteiger charge is 2.81. The number of carbonyl (C=O) groups excluding carboxylic acids is 1. The Balaban J connectivity index is 1.39. The molecule has 2 aromatic carbocycles. The van der Waals surface area contributed by atoms with Crippen LogP contribution in [0.3, 0.4) is 0 Å². The molecule has 2 aliphatic carbocycles. The lowest BCUT2D eigenvalue weighted by atomic mass is 9.50. The molecule has 10 nitrogen and oxygen atoms in total. The summed E-state index contributed by atoms with van der Waals surface area (Å²) in [5, 5.41) is 25.2. The van der Waals surface area contributed by atoms with Gasteiger partial charge >= 0.3 is 5.97 Å². The van der Waals surface area contributed by atoms with Crippen LogP contribution in [0, 0.1) is 0 Å². The first-order valence-corrected chi connectivity index (χ1v) is 13.0. The Labute approximate surface area is 226 Å². The van der Waals surface area contributed by atoms with Crippen molar-refractivity contribution >= 4 is 12.0 Å². The number of esters is 1. The van der Waals surface area contributed by atoms with Crippen molar-refractivity contribution in [1.29, 1.82) is 0 Å². The van der Waals surface area contributed by atoms with E-state index in [0.29, 0.717) is 42.9 Å². The lowest BCUT2D eigenvalue weighted by Crippen LogP contribution is -2.78. The lowest BCUT2D eigenvalue weighted by molar-refractivity contribution is -0.328. The van der Waals surface area contributed by atoms with Gasteiger partial charge < -0.3 is 44.0 Å². The quantitative estimate of drug-likeness (QED) is 0.357. The summed E-state index contributed by atoms with van der Waals surface area (Å²) in [6.07, 6.45) is 2.70. The second kappa shape index (κ2) is 9.12. The van der Waals surface area contributed by atoms with Crippen molar-refractivity contribution in [3.63, 3.8) is 0 Å². The first-order chi connectivity index (χ1) is 18.8. The van der Waals surface area contributed by atoms with Gasteiger partial charge in [-0.3, -0.25) is 0 Å². The molecule has 1 saturated carbocycles. The van der Waals surface area contributed by atoms with E-state index in [1.807, 2.05) is 6.07 Å². The Hall–Kier alpha value is -3.31. The van der Waals surface area contributed by atoms with E-state index in [2.05, 4.69) is 5.32 Å². The summed E-state index contributed by atoms with van der Waals surface area (Å²) in [4.78, 5) is 13.1. The van der Waals surface area contributed by atoms with Crippen LogP contribution < -0.4 is 14.8 Å². The zero-order chi connectivity index (χ0) is 27.6. The van der Waals surface area contributed by atoms with Crippen LogP contribution in [0.25, 0.3) is 6.08 Å². The minimum atomic E-state index is -1.28. The number of methoxy groups -OCH3 is 4. The van der Waals surface area contributed by atoms with Crippen LogP contribution in [0.2, 0.25) is 0 Å². The van der Waals surface area contributed by atoms with Crippen molar-refractivity contribution in [2.45, 2.75) is 54.3 Å². The van der Waals surface area contributed by atoms with Gasteiger partial charge in [-0.25, -0.2) is 4.79 Å². The zero-order valence-corrected chi connectivity index (χ0v) is 22.4. The highest BCUT2D eigenvalue weighted by atomic mass is 16.7. The van der Waals surface area contributed by atoms with Gasteiger partial charge in [0.05, 0.1) is 25.9 Å². The Kier molecular flexibility index (Phi) is 6.07. The van der Waals surface area contributed by atoms with Crippen molar-refractivity contribution < 1.29 is 43.4 Å². The fourth-order valence-corrected chi connectivity index (χ4v) is 7.70. The number of hydrogen-bond acceptors (Lipinski definition) is 10. The summed E-state index contributed by atoms with van der Waals surface area (Å²) >= 11 is 0. The maximum absolute atomic E-state index is 13.1. The van der Waals surface area contributed by atoms with Gasteiger partial charge in [0.2, 0.25) is 5.79 Å². The molecule has 6 rings (SSSR count). The molecule has 0 amide bonds. The maximum atomic E-state index is 13.1. The predicted octanol–water partition coefficient (Wildman–Crippen LogP) is 2.95. The van der Waals surface area contributed by atoms with Gasteiger partial charge in [-0.1, -0.05) is 12.1 Å². The van der Waals surface area contributed by atoms with Gasteiger partial charge in [-0.2, -0.15) is 0 Å². The van der Waals surface area contributed by atoms with Crippen molar-refractivity contribution in [3.05, 3.63) is 53.1 Å². The number of carbonyl (C=O) groups is 1. The van der Waals surface area contributed by atoms with Crippen LogP contribution in [0.4, 0.5) is 0 Å². The summed E-state index contributed by atoms with van der Waals surface area (Å²) in [6.45, 7) is 0.662. The zero-order valence-electron chi connectivity index (χ0n) is 22.4. The van der Waals surface area contributed by atoms with Gasteiger partial charge in [-0.05, 0) is 54.8 Å². The van der Waals surface area contributed by atoms with E-state index in [1.54, 1.807) is 38.5 Å². The molecular formula is C29H33NO9. The van der Waals surface area contributed by atoms with Crippen molar-refractivity contribution in [3.8, 4) is 23.0 Å².